The van der Waals surface area contributed by atoms with E-state index in [4.69, 9.17) is 0 Å². The Morgan fingerprint density at radius 2 is 0.596 bits per heavy atom. The Bertz CT molecular complexity index is 2840. The number of fused-ring (bicyclic) bond motifs is 3. The maximum atomic E-state index is 14.0. The quantitative estimate of drug-likeness (QED) is 0.0838. The molecule has 6 N–H and O–H groups in total. The van der Waals surface area contributed by atoms with Crippen LogP contribution in [0.15, 0.2) is 142 Å². The lowest BCUT2D eigenvalue weighted by molar-refractivity contribution is 0.102. The topological polar surface area (TPSA) is 250 Å². The van der Waals surface area contributed by atoms with Crippen molar-refractivity contribution in [3.63, 3.8) is 0 Å². The van der Waals surface area contributed by atoms with Crippen LogP contribution < -0.4 is 16.0 Å². The molecular weight excluding hydrogens is 799 g/mol. The Hall–Kier alpha value is -6.54. The maximum absolute atomic E-state index is 14.0. The van der Waals surface area contributed by atoms with Gasteiger partial charge in [0.1, 0.15) is 14.7 Å². The molecule has 0 radical (unpaired) electrons. The summed E-state index contributed by atoms with van der Waals surface area (Å²) in [6.45, 7) is 0. The molecule has 288 valence electrons. The highest BCUT2D eigenvalue weighted by Crippen LogP contribution is 2.34. The van der Waals surface area contributed by atoms with E-state index in [9.17, 15) is 53.3 Å². The number of hydrogen-bond donors (Lipinski definition) is 6. The summed E-state index contributed by atoms with van der Waals surface area (Å²) in [6.07, 6.45) is 0. The van der Waals surface area contributed by atoms with Crippen LogP contribution in [0.25, 0.3) is 32.3 Å². The van der Waals surface area contributed by atoms with E-state index >= 15 is 0 Å². The summed E-state index contributed by atoms with van der Waals surface area (Å²) in [4.78, 5) is 40.4. The molecule has 0 atom stereocenters. The van der Waals surface area contributed by atoms with Crippen molar-refractivity contribution in [2.24, 2.45) is 0 Å². The van der Waals surface area contributed by atoms with Gasteiger partial charge in [-0.1, -0.05) is 72.8 Å². The van der Waals surface area contributed by atoms with Crippen LogP contribution in [0.5, 0.6) is 0 Å². The Kier molecular flexibility index (Phi) is 9.86. The van der Waals surface area contributed by atoms with E-state index in [2.05, 4.69) is 16.0 Å². The standard InChI is InChI=1S/C39H27N3O12S3/c43-37(40-28-13-1-7-22-10-4-16-31(34(22)28)55(46,47)48)25-19-26(38(44)41-29-14-2-8-23-11-5-17-32(35(23)29)56(49,50)51)21-27(20-25)39(45)42-30-15-3-9-24-12-6-18-33(36(24)30)57(52,53)54/h1-21H,(H,40,43)(H,41,44)(H,42,45)(H,46,47,48)(H,49,50,51)(H,52,53,54). The predicted molar refractivity (Wildman–Crippen MR) is 212 cm³/mol. The van der Waals surface area contributed by atoms with Gasteiger partial charge < -0.3 is 16.0 Å². The molecule has 15 nitrogen and oxygen atoms in total. The fraction of sp³-hybridized carbons (Fsp3) is 0. The van der Waals surface area contributed by atoms with Crippen molar-refractivity contribution in [2.75, 3.05) is 16.0 Å². The summed E-state index contributed by atoms with van der Waals surface area (Å²) in [6, 6.07) is 28.9. The Morgan fingerprint density at radius 3 is 0.825 bits per heavy atom. The zero-order valence-electron chi connectivity index (χ0n) is 28.9. The molecular formula is C39H27N3O12S3. The summed E-state index contributed by atoms with van der Waals surface area (Å²) < 4.78 is 103. The molecule has 57 heavy (non-hydrogen) atoms. The lowest BCUT2D eigenvalue weighted by Crippen LogP contribution is -2.20. The number of nitrogens with one attached hydrogen (secondary N) is 3. The third-order valence-corrected chi connectivity index (χ3v) is 11.6. The first-order chi connectivity index (χ1) is 26.9. The van der Waals surface area contributed by atoms with E-state index in [1.807, 2.05) is 0 Å². The zero-order chi connectivity index (χ0) is 40.9. The summed E-state index contributed by atoms with van der Waals surface area (Å²) in [5, 5.41) is 8.67. The van der Waals surface area contributed by atoms with Crippen LogP contribution in [0, 0.1) is 0 Å². The Balaban J connectivity index is 1.34. The van der Waals surface area contributed by atoms with Crippen LogP contribution in [0.2, 0.25) is 0 Å². The van der Waals surface area contributed by atoms with Gasteiger partial charge in [0.05, 0.1) is 17.1 Å². The molecule has 0 spiro atoms. The first kappa shape index (κ1) is 38.7. The van der Waals surface area contributed by atoms with Gasteiger partial charge in [0, 0.05) is 32.8 Å². The van der Waals surface area contributed by atoms with Crippen molar-refractivity contribution in [1.82, 2.24) is 0 Å². The highest BCUT2D eigenvalue weighted by atomic mass is 32.2. The number of carbonyl (C=O) groups is 3. The maximum Gasteiger partial charge on any atom is 0.295 e. The van der Waals surface area contributed by atoms with Crippen molar-refractivity contribution >= 4 is 97.5 Å². The van der Waals surface area contributed by atoms with Crippen molar-refractivity contribution in [1.29, 1.82) is 0 Å². The van der Waals surface area contributed by atoms with E-state index in [0.717, 1.165) is 36.4 Å². The smallest absolute Gasteiger partial charge is 0.295 e. The molecule has 0 aliphatic carbocycles. The largest absolute Gasteiger partial charge is 0.321 e. The van der Waals surface area contributed by atoms with Crippen LogP contribution in [-0.2, 0) is 30.4 Å². The molecule has 0 heterocycles. The van der Waals surface area contributed by atoms with Crippen LogP contribution in [0.3, 0.4) is 0 Å². The van der Waals surface area contributed by atoms with E-state index in [-0.39, 0.29) is 49.9 Å². The molecule has 0 fully saturated rings. The summed E-state index contributed by atoms with van der Waals surface area (Å²) >= 11 is 0. The molecule has 0 aromatic heterocycles. The van der Waals surface area contributed by atoms with Gasteiger partial charge in [-0.3, -0.25) is 28.0 Å². The second-order valence-corrected chi connectivity index (χ2v) is 16.7. The molecule has 7 aromatic rings. The number of rotatable bonds is 9. The van der Waals surface area contributed by atoms with Crippen molar-refractivity contribution < 1.29 is 53.3 Å². The molecule has 0 saturated heterocycles. The minimum atomic E-state index is -4.77. The fourth-order valence-electron chi connectivity index (χ4n) is 6.48. The number of anilines is 3. The highest BCUT2D eigenvalue weighted by Gasteiger charge is 2.24. The van der Waals surface area contributed by atoms with Gasteiger partial charge in [-0.2, -0.15) is 25.3 Å². The molecule has 0 saturated carbocycles. The number of carbonyl (C=O) groups excluding carboxylic acids is 3. The van der Waals surface area contributed by atoms with Crippen LogP contribution >= 0.6 is 0 Å². The molecule has 0 bridgehead atoms. The molecule has 0 aliphatic heterocycles. The molecule has 18 heteroatoms. The highest BCUT2D eigenvalue weighted by molar-refractivity contribution is 7.86. The number of amides is 3. The summed E-state index contributed by atoms with van der Waals surface area (Å²) in [7, 11) is -14.3. The predicted octanol–water partition coefficient (Wildman–Crippen LogP) is 6.64. The van der Waals surface area contributed by atoms with Crippen LogP contribution in [0.4, 0.5) is 17.1 Å². The molecule has 0 unspecified atom stereocenters. The lowest BCUT2D eigenvalue weighted by Gasteiger charge is -2.15. The SMILES string of the molecule is O=C(Nc1cccc2cccc(S(=O)(=O)O)c12)c1cc(C(=O)Nc2cccc3cccc(S(=O)(=O)O)c23)cc(C(=O)Nc2cccc3cccc(S(=O)(=O)O)c23)c1. The normalized spacial score (nSPS) is 12.1. The Labute approximate surface area is 324 Å². The molecule has 7 rings (SSSR count). The average Bonchev–Trinajstić information content (AvgIpc) is 3.16. The van der Waals surface area contributed by atoms with E-state index in [1.54, 1.807) is 36.4 Å². The van der Waals surface area contributed by atoms with E-state index in [1.165, 1.54) is 54.6 Å². The van der Waals surface area contributed by atoms with Crippen molar-refractivity contribution in [2.45, 2.75) is 14.7 Å². The van der Waals surface area contributed by atoms with Crippen molar-refractivity contribution in [3.8, 4) is 0 Å². The van der Waals surface area contributed by atoms with E-state index < -0.39 is 62.8 Å². The first-order valence-electron chi connectivity index (χ1n) is 16.5. The lowest BCUT2D eigenvalue weighted by atomic mass is 10.0. The molecule has 7 aromatic carbocycles. The zero-order valence-corrected chi connectivity index (χ0v) is 31.3. The van der Waals surface area contributed by atoms with Crippen LogP contribution in [-0.4, -0.2) is 56.6 Å². The Morgan fingerprint density at radius 1 is 0.368 bits per heavy atom. The van der Waals surface area contributed by atoms with Gasteiger partial charge in [0.25, 0.3) is 48.1 Å². The van der Waals surface area contributed by atoms with Gasteiger partial charge >= 0.3 is 0 Å². The summed E-state index contributed by atoms with van der Waals surface area (Å²) in [5.41, 5.74) is -1.05. The van der Waals surface area contributed by atoms with Gasteiger partial charge in [0.2, 0.25) is 0 Å². The summed E-state index contributed by atoms with van der Waals surface area (Å²) in [5.74, 6) is -2.81. The monoisotopic (exact) mass is 825 g/mol. The minimum Gasteiger partial charge on any atom is -0.321 e. The second-order valence-electron chi connectivity index (χ2n) is 12.6. The third kappa shape index (κ3) is 7.81. The van der Waals surface area contributed by atoms with Gasteiger partial charge in [-0.15, -0.1) is 0 Å². The van der Waals surface area contributed by atoms with E-state index in [0.29, 0.717) is 16.2 Å². The minimum absolute atomic E-state index is 0.0288. The van der Waals surface area contributed by atoms with Gasteiger partial charge in [-0.05, 0) is 70.8 Å². The van der Waals surface area contributed by atoms with Crippen LogP contribution in [0.1, 0.15) is 31.1 Å². The second kappa shape index (κ2) is 14.5. The molecule has 0 aliphatic rings. The van der Waals surface area contributed by atoms with Gasteiger partial charge in [-0.25, -0.2) is 0 Å². The molecule has 3 amide bonds. The average molecular weight is 826 g/mol. The fourth-order valence-corrected chi connectivity index (χ4v) is 8.69. The number of hydrogen-bond acceptors (Lipinski definition) is 9. The van der Waals surface area contributed by atoms with Crippen molar-refractivity contribution in [3.05, 3.63) is 144 Å². The number of benzene rings is 7. The van der Waals surface area contributed by atoms with Gasteiger partial charge in [0.15, 0.2) is 0 Å². The third-order valence-electron chi connectivity index (χ3n) is 8.90. The first-order valence-corrected chi connectivity index (χ1v) is 20.8.